The molecular weight excluding hydrogens is 248 g/mol. The molecule has 0 aliphatic heterocycles. The van der Waals surface area contributed by atoms with Crippen LogP contribution in [-0.2, 0) is 5.41 Å². The van der Waals surface area contributed by atoms with Gasteiger partial charge in [0.2, 0.25) is 0 Å². The number of fused-ring (bicyclic) bond motifs is 1. The lowest BCUT2D eigenvalue weighted by Gasteiger charge is -2.07. The SMILES string of the molecule is OCC1(c2ncc(-c3ccc4ccccc4c3)[nH]2)CC1. The number of nitrogens with zero attached hydrogens (tertiary/aromatic N) is 1. The third kappa shape index (κ3) is 1.74. The molecule has 0 atom stereocenters. The number of imidazole rings is 1. The summed E-state index contributed by atoms with van der Waals surface area (Å²) in [5.41, 5.74) is 2.05. The van der Waals surface area contributed by atoms with Crippen molar-refractivity contribution in [3.05, 3.63) is 54.5 Å². The van der Waals surface area contributed by atoms with Gasteiger partial charge in [0.25, 0.3) is 0 Å². The van der Waals surface area contributed by atoms with Gasteiger partial charge in [-0.25, -0.2) is 4.98 Å². The first-order valence-corrected chi connectivity index (χ1v) is 6.96. The van der Waals surface area contributed by atoms with Gasteiger partial charge in [0.1, 0.15) is 5.82 Å². The first kappa shape index (κ1) is 11.7. The van der Waals surface area contributed by atoms with E-state index in [2.05, 4.69) is 52.4 Å². The molecule has 0 bridgehead atoms. The number of hydrogen-bond donors (Lipinski definition) is 2. The predicted octanol–water partition coefficient (Wildman–Crippen LogP) is 3.25. The molecule has 0 saturated heterocycles. The van der Waals surface area contributed by atoms with E-state index in [0.29, 0.717) is 0 Å². The number of aliphatic hydroxyl groups is 1. The van der Waals surface area contributed by atoms with Crippen LogP contribution >= 0.6 is 0 Å². The summed E-state index contributed by atoms with van der Waals surface area (Å²) in [6, 6.07) is 14.7. The second-order valence-corrected chi connectivity index (χ2v) is 5.65. The molecule has 1 fully saturated rings. The number of benzene rings is 2. The predicted molar refractivity (Wildman–Crippen MR) is 79.5 cm³/mol. The first-order valence-electron chi connectivity index (χ1n) is 6.96. The fourth-order valence-electron chi connectivity index (χ4n) is 2.71. The highest BCUT2D eigenvalue weighted by atomic mass is 16.3. The molecule has 3 heteroatoms. The quantitative estimate of drug-likeness (QED) is 0.763. The monoisotopic (exact) mass is 264 g/mol. The molecule has 1 aliphatic carbocycles. The van der Waals surface area contributed by atoms with Crippen LogP contribution in [0.5, 0.6) is 0 Å². The van der Waals surface area contributed by atoms with E-state index in [1.807, 2.05) is 6.20 Å². The zero-order valence-electron chi connectivity index (χ0n) is 11.1. The second kappa shape index (κ2) is 4.18. The highest BCUT2D eigenvalue weighted by molar-refractivity contribution is 5.86. The van der Waals surface area contributed by atoms with Gasteiger partial charge < -0.3 is 10.1 Å². The van der Waals surface area contributed by atoms with Gasteiger partial charge in [-0.1, -0.05) is 36.4 Å². The second-order valence-electron chi connectivity index (χ2n) is 5.65. The maximum Gasteiger partial charge on any atom is 0.115 e. The minimum absolute atomic E-state index is 0.102. The number of aliphatic hydroxyl groups excluding tert-OH is 1. The molecule has 100 valence electrons. The van der Waals surface area contributed by atoms with Crippen molar-refractivity contribution < 1.29 is 5.11 Å². The molecule has 0 radical (unpaired) electrons. The van der Waals surface area contributed by atoms with Crippen LogP contribution in [0.15, 0.2) is 48.7 Å². The van der Waals surface area contributed by atoms with Crippen molar-refractivity contribution in [1.29, 1.82) is 0 Å². The summed E-state index contributed by atoms with van der Waals surface area (Å²) in [5.74, 6) is 0.920. The molecule has 3 nitrogen and oxygen atoms in total. The molecular formula is C17H16N2O. The van der Waals surface area contributed by atoms with E-state index >= 15 is 0 Å². The molecule has 0 spiro atoms. The maximum atomic E-state index is 9.47. The molecule has 1 aliphatic rings. The molecule has 20 heavy (non-hydrogen) atoms. The van der Waals surface area contributed by atoms with Crippen molar-refractivity contribution in [3.63, 3.8) is 0 Å². The van der Waals surface area contributed by atoms with Gasteiger partial charge in [0, 0.05) is 5.56 Å². The van der Waals surface area contributed by atoms with Crippen LogP contribution in [0, 0.1) is 0 Å². The molecule has 3 aromatic rings. The van der Waals surface area contributed by atoms with E-state index in [-0.39, 0.29) is 12.0 Å². The normalized spacial score (nSPS) is 16.4. The Kier molecular flexibility index (Phi) is 2.44. The summed E-state index contributed by atoms with van der Waals surface area (Å²) >= 11 is 0. The van der Waals surface area contributed by atoms with Crippen LogP contribution in [0.4, 0.5) is 0 Å². The van der Waals surface area contributed by atoms with Gasteiger partial charge in [0.15, 0.2) is 0 Å². The standard InChI is InChI=1S/C17H16N2O/c20-11-17(7-8-17)16-18-10-15(19-16)14-6-5-12-3-1-2-4-13(12)9-14/h1-6,9-10,20H,7-8,11H2,(H,18,19). The lowest BCUT2D eigenvalue weighted by atomic mass is 10.1. The molecule has 2 aromatic carbocycles. The Morgan fingerprint density at radius 1 is 1.10 bits per heavy atom. The number of aromatic amines is 1. The molecule has 1 aromatic heterocycles. The van der Waals surface area contributed by atoms with Crippen LogP contribution in [0.1, 0.15) is 18.7 Å². The van der Waals surface area contributed by atoms with Crippen molar-refractivity contribution in [1.82, 2.24) is 9.97 Å². The van der Waals surface area contributed by atoms with Crippen LogP contribution in [0.3, 0.4) is 0 Å². The molecule has 2 N–H and O–H groups in total. The molecule has 4 rings (SSSR count). The van der Waals surface area contributed by atoms with Crippen LogP contribution < -0.4 is 0 Å². The molecule has 0 unspecified atom stereocenters. The number of nitrogens with one attached hydrogen (secondary N) is 1. The number of hydrogen-bond acceptors (Lipinski definition) is 2. The summed E-state index contributed by atoms with van der Waals surface area (Å²) < 4.78 is 0. The van der Waals surface area contributed by atoms with Gasteiger partial charge in [0.05, 0.1) is 23.9 Å². The van der Waals surface area contributed by atoms with E-state index in [9.17, 15) is 5.11 Å². The third-order valence-electron chi connectivity index (χ3n) is 4.29. The Labute approximate surface area is 117 Å². The van der Waals surface area contributed by atoms with Crippen molar-refractivity contribution in [2.45, 2.75) is 18.3 Å². The van der Waals surface area contributed by atoms with E-state index in [1.54, 1.807) is 0 Å². The average molecular weight is 264 g/mol. The van der Waals surface area contributed by atoms with Crippen LogP contribution in [-0.4, -0.2) is 21.7 Å². The van der Waals surface area contributed by atoms with Gasteiger partial charge in [-0.3, -0.25) is 0 Å². The zero-order valence-corrected chi connectivity index (χ0v) is 11.1. The molecule has 1 heterocycles. The lowest BCUT2D eigenvalue weighted by molar-refractivity contribution is 0.250. The topological polar surface area (TPSA) is 48.9 Å². The maximum absolute atomic E-state index is 9.47. The van der Waals surface area contributed by atoms with Crippen molar-refractivity contribution in [2.75, 3.05) is 6.61 Å². The van der Waals surface area contributed by atoms with E-state index in [4.69, 9.17) is 0 Å². The summed E-state index contributed by atoms with van der Waals surface area (Å²) in [7, 11) is 0. The third-order valence-corrected chi connectivity index (χ3v) is 4.29. The number of aromatic nitrogens is 2. The highest BCUT2D eigenvalue weighted by Crippen LogP contribution is 2.46. The van der Waals surface area contributed by atoms with Gasteiger partial charge >= 0.3 is 0 Å². The fourth-order valence-corrected chi connectivity index (χ4v) is 2.71. The van der Waals surface area contributed by atoms with Gasteiger partial charge in [-0.05, 0) is 29.7 Å². The van der Waals surface area contributed by atoms with Crippen molar-refractivity contribution in [2.24, 2.45) is 0 Å². The Morgan fingerprint density at radius 2 is 1.90 bits per heavy atom. The fraction of sp³-hybridized carbons (Fsp3) is 0.235. The summed E-state index contributed by atoms with van der Waals surface area (Å²) in [4.78, 5) is 7.84. The van der Waals surface area contributed by atoms with Crippen LogP contribution in [0.25, 0.3) is 22.0 Å². The Morgan fingerprint density at radius 3 is 2.65 bits per heavy atom. The zero-order chi connectivity index (χ0) is 13.6. The smallest absolute Gasteiger partial charge is 0.115 e. The van der Waals surface area contributed by atoms with Gasteiger partial charge in [-0.2, -0.15) is 0 Å². The first-order chi connectivity index (χ1) is 9.81. The molecule has 1 saturated carbocycles. The largest absolute Gasteiger partial charge is 0.395 e. The Bertz CT molecular complexity index is 771. The number of rotatable bonds is 3. The van der Waals surface area contributed by atoms with E-state index in [1.165, 1.54) is 10.8 Å². The minimum atomic E-state index is -0.102. The highest BCUT2D eigenvalue weighted by Gasteiger charge is 2.46. The summed E-state index contributed by atoms with van der Waals surface area (Å²) in [6.07, 6.45) is 3.91. The lowest BCUT2D eigenvalue weighted by Crippen LogP contribution is -2.13. The Balaban J connectivity index is 1.76. The van der Waals surface area contributed by atoms with E-state index in [0.717, 1.165) is 29.9 Å². The van der Waals surface area contributed by atoms with Crippen molar-refractivity contribution in [3.8, 4) is 11.3 Å². The molecule has 0 amide bonds. The van der Waals surface area contributed by atoms with E-state index < -0.39 is 0 Å². The summed E-state index contributed by atoms with van der Waals surface area (Å²) in [5, 5.41) is 11.9. The number of H-pyrrole nitrogens is 1. The summed E-state index contributed by atoms with van der Waals surface area (Å²) in [6.45, 7) is 0.178. The van der Waals surface area contributed by atoms with Crippen LogP contribution in [0.2, 0.25) is 0 Å². The van der Waals surface area contributed by atoms with Gasteiger partial charge in [-0.15, -0.1) is 0 Å². The van der Waals surface area contributed by atoms with Crippen molar-refractivity contribution >= 4 is 10.8 Å². The average Bonchev–Trinajstić information content (AvgIpc) is 3.15. The Hall–Kier alpha value is -2.13. The minimum Gasteiger partial charge on any atom is -0.395 e.